The van der Waals surface area contributed by atoms with E-state index < -0.39 is 23.0 Å². The molecule has 1 heterocycles. The summed E-state index contributed by atoms with van der Waals surface area (Å²) in [7, 11) is 3.20. The van der Waals surface area contributed by atoms with Crippen LogP contribution in [0.3, 0.4) is 0 Å². The van der Waals surface area contributed by atoms with Gasteiger partial charge in [-0.25, -0.2) is 14.6 Å². The molecule has 0 aromatic carbocycles. The fourth-order valence-electron chi connectivity index (χ4n) is 1.53. The molecule has 9 nitrogen and oxygen atoms in total. The van der Waals surface area contributed by atoms with Gasteiger partial charge in [-0.05, 0) is 0 Å². The first-order valence-corrected chi connectivity index (χ1v) is 7.53. The van der Waals surface area contributed by atoms with Crippen LogP contribution < -0.4 is 10.6 Å². The van der Waals surface area contributed by atoms with Crippen molar-refractivity contribution in [2.24, 2.45) is 7.05 Å². The molecule has 10 heteroatoms. The lowest BCUT2D eigenvalue weighted by atomic mass is 10.3. The summed E-state index contributed by atoms with van der Waals surface area (Å²) in [6.45, 7) is -0.191. The molecule has 118 valence electrons. The second kappa shape index (κ2) is 7.62. The Balaban J connectivity index is 2.97. The zero-order valence-corrected chi connectivity index (χ0v) is 13.1. The van der Waals surface area contributed by atoms with Crippen molar-refractivity contribution in [3.05, 3.63) is 11.4 Å². The van der Waals surface area contributed by atoms with E-state index in [-0.39, 0.29) is 13.2 Å². The zero-order chi connectivity index (χ0) is 16.0. The van der Waals surface area contributed by atoms with E-state index in [9.17, 15) is 13.8 Å². The number of hydrogen-bond acceptors (Lipinski definition) is 6. The molecule has 1 rings (SSSR count). The third-order valence-corrected chi connectivity index (χ3v) is 3.48. The van der Waals surface area contributed by atoms with Gasteiger partial charge in [0.2, 0.25) is 0 Å². The van der Waals surface area contributed by atoms with E-state index in [0.29, 0.717) is 16.5 Å². The molecule has 1 aromatic heterocycles. The fourth-order valence-corrected chi connectivity index (χ4v) is 2.26. The molecule has 0 fully saturated rings. The highest BCUT2D eigenvalue weighted by Crippen LogP contribution is 2.15. The standard InChI is InChI=1S/C11H18N4O5S/c1-12-10(16)19-5-7-8(6-20-11(17)13-2)15(3)9(14-7)21(4)18/h5-6H2,1-4H3,(H,12,16)(H,13,17)/t21-/m0/s1. The summed E-state index contributed by atoms with van der Waals surface area (Å²) in [5.74, 6) is 0. The van der Waals surface area contributed by atoms with Gasteiger partial charge in [-0.2, -0.15) is 0 Å². The van der Waals surface area contributed by atoms with E-state index in [4.69, 9.17) is 9.47 Å². The summed E-state index contributed by atoms with van der Waals surface area (Å²) < 4.78 is 23.0. The number of amides is 2. The van der Waals surface area contributed by atoms with Crippen molar-refractivity contribution in [1.82, 2.24) is 20.2 Å². The van der Waals surface area contributed by atoms with E-state index in [1.54, 1.807) is 11.6 Å². The van der Waals surface area contributed by atoms with Crippen LogP contribution in [0.1, 0.15) is 11.4 Å². The van der Waals surface area contributed by atoms with Gasteiger partial charge in [-0.15, -0.1) is 0 Å². The van der Waals surface area contributed by atoms with Crippen LogP contribution in [0.4, 0.5) is 9.59 Å². The summed E-state index contributed by atoms with van der Waals surface area (Å²) in [5, 5.41) is 4.93. The quantitative estimate of drug-likeness (QED) is 0.782. The van der Waals surface area contributed by atoms with Crippen LogP contribution in [0, 0.1) is 0 Å². The number of imidazole rings is 1. The highest BCUT2D eigenvalue weighted by molar-refractivity contribution is 7.84. The number of carbonyl (C=O) groups is 2. The molecule has 0 aliphatic heterocycles. The Labute approximate surface area is 124 Å². The predicted molar refractivity (Wildman–Crippen MR) is 74.0 cm³/mol. The van der Waals surface area contributed by atoms with Gasteiger partial charge in [0.05, 0.1) is 16.5 Å². The molecule has 0 saturated carbocycles. The maximum atomic E-state index is 11.6. The number of alkyl carbamates (subject to hydrolysis) is 2. The maximum Gasteiger partial charge on any atom is 0.407 e. The normalized spacial score (nSPS) is 11.6. The number of ether oxygens (including phenoxy) is 2. The summed E-state index contributed by atoms with van der Waals surface area (Å²) in [5.41, 5.74) is 0.892. The molecule has 1 atom stereocenters. The van der Waals surface area contributed by atoms with Gasteiger partial charge in [0.1, 0.15) is 18.9 Å². The number of nitrogens with one attached hydrogen (secondary N) is 2. The SMILES string of the molecule is CNC(=O)OCc1nc([S@](C)=O)n(C)c1COC(=O)NC. The van der Waals surface area contributed by atoms with Crippen LogP contribution >= 0.6 is 0 Å². The summed E-state index contributed by atoms with van der Waals surface area (Å²) in [6, 6.07) is 0. The van der Waals surface area contributed by atoms with Crippen molar-refractivity contribution in [1.29, 1.82) is 0 Å². The van der Waals surface area contributed by atoms with E-state index in [1.165, 1.54) is 20.4 Å². The first-order valence-electron chi connectivity index (χ1n) is 5.97. The van der Waals surface area contributed by atoms with E-state index >= 15 is 0 Å². The van der Waals surface area contributed by atoms with Gasteiger partial charge < -0.3 is 24.7 Å². The molecule has 0 radical (unpaired) electrons. The largest absolute Gasteiger partial charge is 0.443 e. The Kier molecular flexibility index (Phi) is 6.15. The van der Waals surface area contributed by atoms with Crippen molar-refractivity contribution < 1.29 is 23.3 Å². The topological polar surface area (TPSA) is 112 Å². The van der Waals surface area contributed by atoms with Gasteiger partial charge in [0.15, 0.2) is 5.16 Å². The van der Waals surface area contributed by atoms with Gasteiger partial charge in [-0.3, -0.25) is 4.21 Å². The lowest BCUT2D eigenvalue weighted by Gasteiger charge is -2.08. The van der Waals surface area contributed by atoms with Crippen LogP contribution in [-0.4, -0.2) is 46.3 Å². The molecular weight excluding hydrogens is 300 g/mol. The molecule has 2 N–H and O–H groups in total. The van der Waals surface area contributed by atoms with Crippen molar-refractivity contribution >= 4 is 23.0 Å². The molecule has 0 spiro atoms. The number of nitrogens with zero attached hydrogens (tertiary/aromatic N) is 2. The third-order valence-electron chi connectivity index (χ3n) is 2.60. The van der Waals surface area contributed by atoms with Gasteiger partial charge in [-0.1, -0.05) is 0 Å². The Morgan fingerprint density at radius 2 is 1.71 bits per heavy atom. The van der Waals surface area contributed by atoms with Crippen molar-refractivity contribution in [2.75, 3.05) is 20.4 Å². The maximum absolute atomic E-state index is 11.6. The van der Waals surface area contributed by atoms with Crippen LogP contribution in [0.5, 0.6) is 0 Å². The second-order valence-corrected chi connectivity index (χ2v) is 5.23. The molecule has 0 bridgehead atoms. The minimum Gasteiger partial charge on any atom is -0.443 e. The van der Waals surface area contributed by atoms with Gasteiger partial charge in [0.25, 0.3) is 0 Å². The van der Waals surface area contributed by atoms with Gasteiger partial charge in [0, 0.05) is 27.4 Å². The van der Waals surface area contributed by atoms with Crippen LogP contribution in [-0.2, 0) is 40.5 Å². The highest BCUT2D eigenvalue weighted by Gasteiger charge is 2.19. The monoisotopic (exact) mass is 318 g/mol. The predicted octanol–water partition coefficient (Wildman–Crippen LogP) is -0.130. The third kappa shape index (κ3) is 4.45. The first-order chi connectivity index (χ1) is 9.90. The molecule has 0 aliphatic rings. The second-order valence-electron chi connectivity index (χ2n) is 3.95. The zero-order valence-electron chi connectivity index (χ0n) is 12.3. The number of carbonyl (C=O) groups excluding carboxylic acids is 2. The van der Waals surface area contributed by atoms with E-state index in [1.807, 2.05) is 0 Å². The molecule has 0 saturated heterocycles. The molecule has 1 aromatic rings. The Morgan fingerprint density at radius 3 is 2.19 bits per heavy atom. The lowest BCUT2D eigenvalue weighted by Crippen LogP contribution is -2.21. The van der Waals surface area contributed by atoms with Crippen molar-refractivity contribution in [3.63, 3.8) is 0 Å². The van der Waals surface area contributed by atoms with E-state index in [0.717, 1.165) is 0 Å². The molecule has 2 amide bonds. The average Bonchev–Trinajstić information content (AvgIpc) is 2.78. The Morgan fingerprint density at radius 1 is 1.19 bits per heavy atom. The van der Waals surface area contributed by atoms with Crippen LogP contribution in [0.2, 0.25) is 0 Å². The minimum absolute atomic E-state index is 0.0766. The number of aromatic nitrogens is 2. The highest BCUT2D eigenvalue weighted by atomic mass is 32.2. The number of hydrogen-bond donors (Lipinski definition) is 2. The van der Waals surface area contributed by atoms with Gasteiger partial charge >= 0.3 is 12.2 Å². The Bertz CT molecular complexity index is 557. The summed E-state index contributed by atoms with van der Waals surface area (Å²) in [6.07, 6.45) is 0.265. The molecule has 21 heavy (non-hydrogen) atoms. The average molecular weight is 318 g/mol. The summed E-state index contributed by atoms with van der Waals surface area (Å²) >= 11 is 0. The Hall–Kier alpha value is -2.10. The van der Waals surface area contributed by atoms with Crippen molar-refractivity contribution in [2.45, 2.75) is 18.4 Å². The van der Waals surface area contributed by atoms with Crippen LogP contribution in [0.25, 0.3) is 0 Å². The smallest absolute Gasteiger partial charge is 0.407 e. The lowest BCUT2D eigenvalue weighted by molar-refractivity contribution is 0.131. The minimum atomic E-state index is -1.32. The first kappa shape index (κ1) is 17.0. The molecule has 0 aliphatic carbocycles. The number of rotatable bonds is 5. The van der Waals surface area contributed by atoms with E-state index in [2.05, 4.69) is 15.6 Å². The molecular formula is C11H18N4O5S. The van der Waals surface area contributed by atoms with Crippen LogP contribution in [0.15, 0.2) is 5.16 Å². The summed E-state index contributed by atoms with van der Waals surface area (Å²) in [4.78, 5) is 26.4. The van der Waals surface area contributed by atoms with Crippen molar-refractivity contribution in [3.8, 4) is 0 Å². The molecule has 0 unspecified atom stereocenters. The fraction of sp³-hybridized carbons (Fsp3) is 0.545.